The monoisotopic (exact) mass is 293 g/mol. The Balaban J connectivity index is 2.16. The molecule has 0 radical (unpaired) electrons. The molecule has 1 aromatic rings. The fraction of sp³-hybridized carbons (Fsp3) is 0.286. The van der Waals surface area contributed by atoms with Crippen molar-refractivity contribution >= 4 is 46.4 Å². The predicted octanol–water partition coefficient (Wildman–Crippen LogP) is 1.51. The molecule has 1 aliphatic heterocycles. The predicted molar refractivity (Wildman–Crippen MR) is 85.5 cm³/mol. The molecule has 19 heavy (non-hydrogen) atoms. The van der Waals surface area contributed by atoms with Crippen LogP contribution in [0.3, 0.4) is 0 Å². The largest absolute Gasteiger partial charge is 0.426 e. The molecule has 0 fully saturated rings. The number of amides is 1. The molecule has 1 N–H and O–H groups in total. The second-order valence-electron chi connectivity index (χ2n) is 4.13. The summed E-state index contributed by atoms with van der Waals surface area (Å²) in [5, 5.41) is 0. The Morgan fingerprint density at radius 2 is 1.89 bits per heavy atom. The van der Waals surface area contributed by atoms with Crippen molar-refractivity contribution in [2.45, 2.75) is 13.8 Å². The zero-order chi connectivity index (χ0) is 13.8. The van der Waals surface area contributed by atoms with Crippen molar-refractivity contribution in [2.75, 3.05) is 18.0 Å². The van der Waals surface area contributed by atoms with Gasteiger partial charge in [0.15, 0.2) is 0 Å². The molecule has 0 unspecified atom stereocenters. The van der Waals surface area contributed by atoms with Crippen molar-refractivity contribution in [1.29, 1.82) is 0 Å². The molecule has 1 aliphatic rings. The first-order valence-corrected chi connectivity index (χ1v) is 7.52. The third-order valence-corrected chi connectivity index (χ3v) is 4.17. The van der Waals surface area contributed by atoms with E-state index in [2.05, 4.69) is 48.5 Å². The lowest BCUT2D eigenvalue weighted by Crippen LogP contribution is -2.72. The molecular formula is C14H17N2OS2+. The maximum atomic E-state index is 11.6. The molecule has 1 aromatic carbocycles. The van der Waals surface area contributed by atoms with Gasteiger partial charge < -0.3 is 4.90 Å². The smallest absolute Gasteiger partial charge is 0.372 e. The molecule has 0 atom stereocenters. The minimum absolute atomic E-state index is 0.0807. The Morgan fingerprint density at radius 3 is 2.37 bits per heavy atom. The lowest BCUT2D eigenvalue weighted by molar-refractivity contribution is -0.363. The maximum Gasteiger partial charge on any atom is 0.426 e. The number of hydrogen-bond acceptors (Lipinski definition) is 3. The van der Waals surface area contributed by atoms with Crippen molar-refractivity contribution in [3.63, 3.8) is 0 Å². The molecule has 0 saturated carbocycles. The van der Waals surface area contributed by atoms with Crippen LogP contribution in [0.1, 0.15) is 19.4 Å². The van der Waals surface area contributed by atoms with Gasteiger partial charge in [0.1, 0.15) is 4.91 Å². The van der Waals surface area contributed by atoms with Crippen molar-refractivity contribution in [3.05, 3.63) is 34.7 Å². The van der Waals surface area contributed by atoms with Gasteiger partial charge in [-0.15, -0.1) is 0 Å². The fourth-order valence-electron chi connectivity index (χ4n) is 1.95. The lowest BCUT2D eigenvalue weighted by Gasteiger charge is -2.20. The average Bonchev–Trinajstić information content (AvgIpc) is 2.71. The van der Waals surface area contributed by atoms with Gasteiger partial charge in [-0.3, -0.25) is 0 Å². The summed E-state index contributed by atoms with van der Waals surface area (Å²) in [6.07, 6.45) is 1.88. The van der Waals surface area contributed by atoms with E-state index in [0.29, 0.717) is 9.28 Å². The van der Waals surface area contributed by atoms with Crippen LogP contribution in [0.4, 0.5) is 5.69 Å². The number of benzene rings is 1. The van der Waals surface area contributed by atoms with Gasteiger partial charge in [-0.2, -0.15) is 4.99 Å². The van der Waals surface area contributed by atoms with E-state index in [4.69, 9.17) is 0 Å². The molecule has 1 heterocycles. The summed E-state index contributed by atoms with van der Waals surface area (Å²) in [7, 11) is 0. The van der Waals surface area contributed by atoms with Gasteiger partial charge in [0, 0.05) is 18.8 Å². The zero-order valence-corrected chi connectivity index (χ0v) is 12.7. The highest BCUT2D eigenvalue weighted by Gasteiger charge is 2.27. The number of hydrogen-bond donors (Lipinski definition) is 2. The Bertz CT molecular complexity index is 531. The summed E-state index contributed by atoms with van der Waals surface area (Å²) in [4.78, 5) is 17.2. The summed E-state index contributed by atoms with van der Waals surface area (Å²) < 4.78 is 0.635. The van der Waals surface area contributed by atoms with Crippen molar-refractivity contribution in [1.82, 2.24) is 0 Å². The number of nitrogens with one attached hydrogen (secondary N) is 1. The molecule has 1 amide bonds. The Morgan fingerprint density at radius 1 is 1.26 bits per heavy atom. The number of thiol groups is 1. The van der Waals surface area contributed by atoms with Gasteiger partial charge in [0.25, 0.3) is 4.38 Å². The maximum absolute atomic E-state index is 11.6. The number of nitrogens with zero attached hydrogens (tertiary/aromatic N) is 1. The quantitative estimate of drug-likeness (QED) is 0.652. The molecule has 3 nitrogen and oxygen atoms in total. The van der Waals surface area contributed by atoms with Gasteiger partial charge >= 0.3 is 5.91 Å². The van der Waals surface area contributed by atoms with Crippen LogP contribution in [0.5, 0.6) is 0 Å². The fourth-order valence-corrected chi connectivity index (χ4v) is 3.04. The summed E-state index contributed by atoms with van der Waals surface area (Å²) in [5.74, 6) is -0.0807. The van der Waals surface area contributed by atoms with Gasteiger partial charge in [0.05, 0.1) is 0 Å². The molecule has 0 bridgehead atoms. The van der Waals surface area contributed by atoms with Gasteiger partial charge in [-0.05, 0) is 49.4 Å². The Labute approximate surface area is 123 Å². The van der Waals surface area contributed by atoms with Gasteiger partial charge in [0.2, 0.25) is 0 Å². The minimum atomic E-state index is -0.0807. The molecule has 0 aromatic heterocycles. The molecule has 0 aliphatic carbocycles. The van der Waals surface area contributed by atoms with Gasteiger partial charge in [-0.1, -0.05) is 24.8 Å². The number of carbonyl (C=O) groups is 1. The first-order chi connectivity index (χ1) is 9.13. The van der Waals surface area contributed by atoms with E-state index >= 15 is 0 Å². The summed E-state index contributed by atoms with van der Waals surface area (Å²) >= 11 is 5.50. The normalized spacial score (nSPS) is 16.9. The first kappa shape index (κ1) is 14.2. The number of rotatable bonds is 4. The van der Waals surface area contributed by atoms with Crippen LogP contribution >= 0.6 is 24.4 Å². The number of thioether (sulfide) groups is 1. The Hall–Kier alpha value is -1.20. The molecule has 0 saturated heterocycles. The van der Waals surface area contributed by atoms with Gasteiger partial charge in [-0.25, -0.2) is 4.79 Å². The molecular weight excluding hydrogens is 276 g/mol. The van der Waals surface area contributed by atoms with E-state index in [1.165, 1.54) is 17.4 Å². The molecule has 0 spiro atoms. The number of anilines is 1. The van der Waals surface area contributed by atoms with Crippen LogP contribution in [0.15, 0.2) is 29.2 Å². The van der Waals surface area contributed by atoms with Crippen LogP contribution in [0.25, 0.3) is 6.08 Å². The molecule has 100 valence electrons. The van der Waals surface area contributed by atoms with E-state index in [-0.39, 0.29) is 5.91 Å². The summed E-state index contributed by atoms with van der Waals surface area (Å²) in [6, 6.07) is 8.24. The van der Waals surface area contributed by atoms with Crippen LogP contribution < -0.4 is 9.89 Å². The lowest BCUT2D eigenvalue weighted by atomic mass is 10.2. The minimum Gasteiger partial charge on any atom is -0.372 e. The Kier molecular flexibility index (Phi) is 4.71. The first-order valence-electron chi connectivity index (χ1n) is 6.25. The van der Waals surface area contributed by atoms with Crippen molar-refractivity contribution in [2.24, 2.45) is 0 Å². The highest BCUT2D eigenvalue weighted by atomic mass is 32.2. The number of carbonyl (C=O) groups excluding carboxylic acids is 1. The van der Waals surface area contributed by atoms with Crippen LogP contribution in [0, 0.1) is 0 Å². The molecule has 2 rings (SSSR count). The van der Waals surface area contributed by atoms with Crippen LogP contribution in [-0.2, 0) is 4.79 Å². The third-order valence-electron chi connectivity index (χ3n) is 2.97. The van der Waals surface area contributed by atoms with E-state index in [1.807, 2.05) is 18.2 Å². The van der Waals surface area contributed by atoms with Crippen molar-refractivity contribution in [3.8, 4) is 0 Å². The van der Waals surface area contributed by atoms with E-state index in [1.54, 1.807) is 0 Å². The topological polar surface area (TPSA) is 34.3 Å². The summed E-state index contributed by atoms with van der Waals surface area (Å²) in [6.45, 7) is 6.27. The summed E-state index contributed by atoms with van der Waals surface area (Å²) in [5.41, 5.74) is 2.23. The highest BCUT2D eigenvalue weighted by Crippen LogP contribution is 2.23. The second kappa shape index (κ2) is 6.30. The second-order valence-corrected chi connectivity index (χ2v) is 5.94. The third kappa shape index (κ3) is 3.42. The van der Waals surface area contributed by atoms with Crippen LogP contribution in [0.2, 0.25) is 0 Å². The SMILES string of the molecule is CCN(CC)c1ccc(/C=C2\SC(S)=[NH+]C2=O)cc1. The molecule has 5 heteroatoms. The highest BCUT2D eigenvalue weighted by molar-refractivity contribution is 8.34. The van der Waals surface area contributed by atoms with Crippen molar-refractivity contribution < 1.29 is 9.79 Å². The van der Waals surface area contributed by atoms with E-state index in [0.717, 1.165) is 18.7 Å². The zero-order valence-electron chi connectivity index (χ0n) is 11.0. The van der Waals surface area contributed by atoms with E-state index in [9.17, 15) is 4.79 Å². The van der Waals surface area contributed by atoms with E-state index < -0.39 is 0 Å². The standard InChI is InChI=1S/C14H16N2OS2/c1-3-16(4-2)11-7-5-10(6-8-11)9-12-13(17)15-14(18)19-12/h5-9H,3-4H2,1-2H3,(H,15,17,18)/p+1/b12-9-. The average molecular weight is 293 g/mol. The van der Waals surface area contributed by atoms with Crippen LogP contribution in [-0.4, -0.2) is 23.4 Å².